The lowest BCUT2D eigenvalue weighted by molar-refractivity contribution is 0.242. The van der Waals surface area contributed by atoms with Crippen molar-refractivity contribution in [1.29, 1.82) is 0 Å². The summed E-state index contributed by atoms with van der Waals surface area (Å²) in [4.78, 5) is 4.20. The van der Waals surface area contributed by atoms with E-state index >= 15 is 0 Å². The zero-order valence-electron chi connectivity index (χ0n) is 10.5. The number of rotatable bonds is 6. The Hall–Kier alpha value is -1.26. The molecule has 6 heteroatoms. The number of benzene rings is 1. The van der Waals surface area contributed by atoms with Gasteiger partial charge in [-0.3, -0.25) is 0 Å². The summed E-state index contributed by atoms with van der Waals surface area (Å²) in [6.07, 6.45) is 1.79. The summed E-state index contributed by atoms with van der Waals surface area (Å²) in [6, 6.07) is 7.07. The van der Waals surface area contributed by atoms with Crippen LogP contribution in [0.4, 0.5) is 0 Å². The average molecular weight is 301 g/mol. The molecule has 0 fully saturated rings. The highest BCUT2D eigenvalue weighted by Crippen LogP contribution is 2.23. The zero-order chi connectivity index (χ0) is 13.7. The minimum atomic E-state index is -0.210. The van der Waals surface area contributed by atoms with Crippen molar-refractivity contribution < 1.29 is 9.26 Å². The van der Waals surface area contributed by atoms with Crippen LogP contribution in [0.3, 0.4) is 0 Å². The van der Waals surface area contributed by atoms with Gasteiger partial charge in [-0.1, -0.05) is 30.1 Å². The van der Waals surface area contributed by atoms with Crippen LogP contribution < -0.4 is 4.74 Å². The molecule has 0 aliphatic carbocycles. The number of halogens is 2. The number of ether oxygens (including phenoxy) is 1. The highest BCUT2D eigenvalue weighted by molar-refractivity contribution is 6.30. The Morgan fingerprint density at radius 1 is 1.32 bits per heavy atom. The Morgan fingerprint density at radius 2 is 2.05 bits per heavy atom. The van der Waals surface area contributed by atoms with Crippen LogP contribution in [-0.4, -0.2) is 10.1 Å². The fraction of sp³-hybridized carbons (Fsp3) is 0.385. The largest absolute Gasteiger partial charge is 0.484 e. The fourth-order valence-electron chi connectivity index (χ4n) is 1.51. The van der Waals surface area contributed by atoms with Crippen LogP contribution in [0.15, 0.2) is 28.8 Å². The SMILES string of the molecule is CCCC(Cl)c1noc(COc2ccc(Cl)cc2)n1. The quantitative estimate of drug-likeness (QED) is 0.743. The first-order valence-electron chi connectivity index (χ1n) is 6.04. The van der Waals surface area contributed by atoms with Gasteiger partial charge in [0, 0.05) is 5.02 Å². The Balaban J connectivity index is 1.91. The van der Waals surface area contributed by atoms with Gasteiger partial charge in [-0.15, -0.1) is 11.6 Å². The normalized spacial score (nSPS) is 12.4. The van der Waals surface area contributed by atoms with E-state index in [-0.39, 0.29) is 12.0 Å². The third kappa shape index (κ3) is 4.11. The molecule has 4 nitrogen and oxygen atoms in total. The summed E-state index contributed by atoms with van der Waals surface area (Å²) in [7, 11) is 0. The molecule has 0 amide bonds. The van der Waals surface area contributed by atoms with Crippen LogP contribution in [-0.2, 0) is 6.61 Å². The number of alkyl halides is 1. The van der Waals surface area contributed by atoms with E-state index in [9.17, 15) is 0 Å². The van der Waals surface area contributed by atoms with E-state index in [0.717, 1.165) is 12.8 Å². The lowest BCUT2D eigenvalue weighted by Crippen LogP contribution is -1.97. The summed E-state index contributed by atoms with van der Waals surface area (Å²) < 4.78 is 10.6. The van der Waals surface area contributed by atoms with Crippen molar-refractivity contribution >= 4 is 23.2 Å². The highest BCUT2D eigenvalue weighted by atomic mass is 35.5. The average Bonchev–Trinajstić information content (AvgIpc) is 2.87. The lowest BCUT2D eigenvalue weighted by Gasteiger charge is -2.02. The zero-order valence-corrected chi connectivity index (χ0v) is 12.0. The number of hydrogen-bond acceptors (Lipinski definition) is 4. The second-order valence-electron chi connectivity index (χ2n) is 4.05. The molecule has 1 heterocycles. The number of aromatic nitrogens is 2. The molecular weight excluding hydrogens is 287 g/mol. The molecule has 1 atom stereocenters. The first-order valence-corrected chi connectivity index (χ1v) is 6.85. The third-order valence-corrected chi connectivity index (χ3v) is 3.15. The van der Waals surface area contributed by atoms with Gasteiger partial charge in [0.25, 0.3) is 5.89 Å². The van der Waals surface area contributed by atoms with Crippen LogP contribution in [0, 0.1) is 0 Å². The Kier molecular flexibility index (Phi) is 5.05. The predicted molar refractivity (Wildman–Crippen MR) is 73.6 cm³/mol. The fourth-order valence-corrected chi connectivity index (χ4v) is 1.95. The van der Waals surface area contributed by atoms with E-state index in [1.807, 2.05) is 0 Å². The van der Waals surface area contributed by atoms with Crippen LogP contribution in [0.5, 0.6) is 5.75 Å². The third-order valence-electron chi connectivity index (χ3n) is 2.48. The van der Waals surface area contributed by atoms with Crippen molar-refractivity contribution in [3.63, 3.8) is 0 Å². The van der Waals surface area contributed by atoms with Gasteiger partial charge in [0.15, 0.2) is 12.4 Å². The molecule has 102 valence electrons. The predicted octanol–water partition coefficient (Wildman–Crippen LogP) is 4.38. The van der Waals surface area contributed by atoms with E-state index in [1.54, 1.807) is 24.3 Å². The molecule has 1 aromatic carbocycles. The van der Waals surface area contributed by atoms with Crippen molar-refractivity contribution in [3.8, 4) is 5.75 Å². The van der Waals surface area contributed by atoms with E-state index in [4.69, 9.17) is 32.5 Å². The topological polar surface area (TPSA) is 48.2 Å². The Morgan fingerprint density at radius 3 is 2.74 bits per heavy atom. The van der Waals surface area contributed by atoms with Gasteiger partial charge in [0.05, 0.1) is 5.38 Å². The standard InChI is InChI=1S/C13H14Cl2N2O2/c1-2-3-11(15)13-16-12(19-17-13)8-18-10-6-4-9(14)5-7-10/h4-7,11H,2-3,8H2,1H3. The molecule has 0 spiro atoms. The monoisotopic (exact) mass is 300 g/mol. The maximum Gasteiger partial charge on any atom is 0.264 e. The van der Waals surface area contributed by atoms with E-state index < -0.39 is 0 Å². The van der Waals surface area contributed by atoms with Gasteiger partial charge in [-0.25, -0.2) is 0 Å². The molecule has 1 aromatic heterocycles. The Labute approximate surface area is 121 Å². The van der Waals surface area contributed by atoms with Gasteiger partial charge < -0.3 is 9.26 Å². The maximum atomic E-state index is 6.11. The van der Waals surface area contributed by atoms with E-state index in [1.165, 1.54) is 0 Å². The van der Waals surface area contributed by atoms with Crippen molar-refractivity contribution in [2.45, 2.75) is 31.7 Å². The first-order chi connectivity index (χ1) is 9.19. The molecule has 0 saturated carbocycles. The second kappa shape index (κ2) is 6.78. The molecule has 1 unspecified atom stereocenters. The van der Waals surface area contributed by atoms with E-state index in [0.29, 0.717) is 22.5 Å². The molecule has 2 aromatic rings. The van der Waals surface area contributed by atoms with Gasteiger partial charge in [0.1, 0.15) is 5.75 Å². The van der Waals surface area contributed by atoms with Crippen molar-refractivity contribution in [3.05, 3.63) is 41.0 Å². The van der Waals surface area contributed by atoms with Crippen molar-refractivity contribution in [1.82, 2.24) is 10.1 Å². The maximum absolute atomic E-state index is 6.11. The number of nitrogens with zero attached hydrogens (tertiary/aromatic N) is 2. The molecule has 2 rings (SSSR count). The molecule has 0 radical (unpaired) electrons. The van der Waals surface area contributed by atoms with Crippen LogP contribution in [0.1, 0.15) is 36.9 Å². The summed E-state index contributed by atoms with van der Waals surface area (Å²) >= 11 is 11.9. The molecule has 0 saturated heterocycles. The van der Waals surface area contributed by atoms with Gasteiger partial charge in [0.2, 0.25) is 0 Å². The van der Waals surface area contributed by atoms with Gasteiger partial charge >= 0.3 is 0 Å². The minimum Gasteiger partial charge on any atom is -0.484 e. The molecule has 0 bridgehead atoms. The Bertz CT molecular complexity index is 514. The molecular formula is C13H14Cl2N2O2. The first kappa shape index (κ1) is 14.2. The van der Waals surface area contributed by atoms with E-state index in [2.05, 4.69) is 17.1 Å². The van der Waals surface area contributed by atoms with Crippen LogP contribution >= 0.6 is 23.2 Å². The summed E-state index contributed by atoms with van der Waals surface area (Å²) in [5.41, 5.74) is 0. The molecule has 19 heavy (non-hydrogen) atoms. The molecule has 0 aliphatic heterocycles. The van der Waals surface area contributed by atoms with Crippen LogP contribution in [0.2, 0.25) is 5.02 Å². The van der Waals surface area contributed by atoms with Crippen LogP contribution in [0.25, 0.3) is 0 Å². The van der Waals surface area contributed by atoms with Crippen molar-refractivity contribution in [2.24, 2.45) is 0 Å². The number of hydrogen-bond donors (Lipinski definition) is 0. The summed E-state index contributed by atoms with van der Waals surface area (Å²) in [5, 5.41) is 4.30. The highest BCUT2D eigenvalue weighted by Gasteiger charge is 2.15. The summed E-state index contributed by atoms with van der Waals surface area (Å²) in [5.74, 6) is 1.62. The summed E-state index contributed by atoms with van der Waals surface area (Å²) in [6.45, 7) is 2.27. The van der Waals surface area contributed by atoms with Crippen molar-refractivity contribution in [2.75, 3.05) is 0 Å². The minimum absolute atomic E-state index is 0.210. The molecule has 0 aliphatic rings. The van der Waals surface area contributed by atoms with Gasteiger partial charge in [-0.05, 0) is 30.7 Å². The second-order valence-corrected chi connectivity index (χ2v) is 5.01. The lowest BCUT2D eigenvalue weighted by atomic mass is 10.2. The molecule has 0 N–H and O–H groups in total. The smallest absolute Gasteiger partial charge is 0.264 e. The van der Waals surface area contributed by atoms with Gasteiger partial charge in [-0.2, -0.15) is 4.98 Å².